The minimum absolute atomic E-state index is 0.0285. The Hall–Kier alpha value is -2.10. The number of nitrogens with one attached hydrogen (secondary N) is 1. The Morgan fingerprint density at radius 1 is 1.06 bits per heavy atom. The molecule has 170 valence electrons. The van der Waals surface area contributed by atoms with Gasteiger partial charge in [0.1, 0.15) is 11.5 Å². The fraction of sp³-hybridized carbons (Fsp3) is 0.455. The first kappa shape index (κ1) is 23.6. The Morgan fingerprint density at radius 2 is 1.74 bits per heavy atom. The Kier molecular flexibility index (Phi) is 7.28. The summed E-state index contributed by atoms with van der Waals surface area (Å²) in [5.41, 5.74) is 0.971. The van der Waals surface area contributed by atoms with Crippen LogP contribution in [0, 0.1) is 0 Å². The molecule has 1 heterocycles. The van der Waals surface area contributed by atoms with E-state index in [-0.39, 0.29) is 22.5 Å². The van der Waals surface area contributed by atoms with E-state index in [4.69, 9.17) is 9.47 Å². The summed E-state index contributed by atoms with van der Waals surface area (Å²) < 4.78 is 62.0. The maximum atomic E-state index is 13.2. The van der Waals surface area contributed by atoms with E-state index in [9.17, 15) is 16.8 Å². The van der Waals surface area contributed by atoms with Crippen molar-refractivity contribution < 1.29 is 26.3 Å². The van der Waals surface area contributed by atoms with Gasteiger partial charge in [0.2, 0.25) is 0 Å². The topological polar surface area (TPSA) is 98.8 Å². The highest BCUT2D eigenvalue weighted by molar-refractivity contribution is 7.96. The molecule has 1 fully saturated rings. The summed E-state index contributed by atoms with van der Waals surface area (Å²) in [4.78, 5) is 0.0993. The molecule has 1 N–H and O–H groups in total. The van der Waals surface area contributed by atoms with E-state index in [2.05, 4.69) is 5.32 Å². The fourth-order valence-electron chi connectivity index (χ4n) is 3.77. The average Bonchev–Trinajstić information content (AvgIpc) is 3.03. The van der Waals surface area contributed by atoms with Crippen LogP contribution < -0.4 is 14.8 Å². The van der Waals surface area contributed by atoms with E-state index in [1.807, 2.05) is 38.1 Å². The minimum atomic E-state index is -3.83. The lowest BCUT2D eigenvalue weighted by Crippen LogP contribution is -2.44. The smallest absolute Gasteiger partial charge is 0.183 e. The first-order valence-corrected chi connectivity index (χ1v) is 13.6. The zero-order chi connectivity index (χ0) is 22.6. The van der Waals surface area contributed by atoms with Crippen molar-refractivity contribution in [3.05, 3.63) is 54.1 Å². The monoisotopic (exact) mass is 467 g/mol. The molecule has 0 unspecified atom stereocenters. The fourth-order valence-corrected chi connectivity index (χ4v) is 8.48. The molecular formula is C22H29NO6S2. The van der Waals surface area contributed by atoms with E-state index in [1.54, 1.807) is 19.2 Å². The van der Waals surface area contributed by atoms with Gasteiger partial charge < -0.3 is 14.8 Å². The maximum absolute atomic E-state index is 13.2. The van der Waals surface area contributed by atoms with Crippen LogP contribution in [0.2, 0.25) is 0 Å². The van der Waals surface area contributed by atoms with E-state index >= 15 is 0 Å². The van der Waals surface area contributed by atoms with Crippen LogP contribution in [0.1, 0.15) is 19.4 Å². The third-order valence-corrected chi connectivity index (χ3v) is 9.38. The summed E-state index contributed by atoms with van der Waals surface area (Å²) in [7, 11) is -5.70. The predicted molar refractivity (Wildman–Crippen MR) is 120 cm³/mol. The molecule has 3 rings (SSSR count). The highest BCUT2D eigenvalue weighted by Gasteiger charge is 2.45. The van der Waals surface area contributed by atoms with Gasteiger partial charge in [-0.2, -0.15) is 0 Å². The lowest BCUT2D eigenvalue weighted by molar-refractivity contribution is 0.242. The lowest BCUT2D eigenvalue weighted by Gasteiger charge is -2.20. The predicted octanol–water partition coefficient (Wildman–Crippen LogP) is 2.25. The second-order valence-corrected chi connectivity index (χ2v) is 12.2. The molecule has 0 bridgehead atoms. The van der Waals surface area contributed by atoms with Gasteiger partial charge in [-0.3, -0.25) is 0 Å². The summed E-state index contributed by atoms with van der Waals surface area (Å²) in [5, 5.41) is 2.13. The number of rotatable bonds is 9. The van der Waals surface area contributed by atoms with E-state index in [0.29, 0.717) is 18.7 Å². The third-order valence-electron chi connectivity index (χ3n) is 5.22. The minimum Gasteiger partial charge on any atom is -0.496 e. The Morgan fingerprint density at radius 3 is 2.39 bits per heavy atom. The molecule has 2 atom stereocenters. The second-order valence-electron chi connectivity index (χ2n) is 7.92. The van der Waals surface area contributed by atoms with Crippen LogP contribution in [0.4, 0.5) is 0 Å². The standard InChI is InChI=1S/C22H29NO6S2/c1-16(2)29-18-8-10-19(11-9-18)31(26,27)22-15-30(24,25)14-20(22)23-13-12-17-6-4-5-7-21(17)28-3/h4-11,16,20,22-23H,12-15H2,1-3H3/t20-,22-/m0/s1. The van der Waals surface area contributed by atoms with E-state index in [1.165, 1.54) is 12.1 Å². The van der Waals surface area contributed by atoms with Gasteiger partial charge in [0.25, 0.3) is 0 Å². The van der Waals surface area contributed by atoms with Crippen LogP contribution in [0.25, 0.3) is 0 Å². The van der Waals surface area contributed by atoms with Crippen LogP contribution in [0.5, 0.6) is 11.5 Å². The van der Waals surface area contributed by atoms with Crippen LogP contribution in [-0.2, 0) is 26.1 Å². The third kappa shape index (κ3) is 5.78. The Balaban J connectivity index is 1.74. The van der Waals surface area contributed by atoms with E-state index in [0.717, 1.165) is 11.3 Å². The molecule has 1 aliphatic rings. The van der Waals surface area contributed by atoms with Gasteiger partial charge in [-0.05, 0) is 62.7 Å². The van der Waals surface area contributed by atoms with Crippen molar-refractivity contribution in [1.29, 1.82) is 0 Å². The van der Waals surface area contributed by atoms with Crippen molar-refractivity contribution >= 4 is 19.7 Å². The van der Waals surface area contributed by atoms with Gasteiger partial charge in [0.15, 0.2) is 19.7 Å². The molecule has 2 aromatic carbocycles. The first-order valence-electron chi connectivity index (χ1n) is 10.2. The van der Waals surface area contributed by atoms with Crippen molar-refractivity contribution in [1.82, 2.24) is 5.32 Å². The summed E-state index contributed by atoms with van der Waals surface area (Å²) in [5.74, 6) is 0.735. The molecule has 31 heavy (non-hydrogen) atoms. The number of para-hydroxylation sites is 1. The molecule has 2 aromatic rings. The molecule has 1 aliphatic heterocycles. The highest BCUT2D eigenvalue weighted by atomic mass is 32.2. The lowest BCUT2D eigenvalue weighted by atomic mass is 10.1. The van der Waals surface area contributed by atoms with Crippen molar-refractivity contribution in [2.75, 3.05) is 25.2 Å². The normalized spacial score (nSPS) is 20.6. The van der Waals surface area contributed by atoms with Crippen LogP contribution in [-0.4, -0.2) is 59.4 Å². The van der Waals surface area contributed by atoms with Gasteiger partial charge in [0, 0.05) is 6.04 Å². The van der Waals surface area contributed by atoms with Gasteiger partial charge >= 0.3 is 0 Å². The van der Waals surface area contributed by atoms with Crippen molar-refractivity contribution in [3.8, 4) is 11.5 Å². The number of benzene rings is 2. The number of hydrogen-bond acceptors (Lipinski definition) is 7. The highest BCUT2D eigenvalue weighted by Crippen LogP contribution is 2.27. The molecule has 0 spiro atoms. The quantitative estimate of drug-likeness (QED) is 0.604. The summed E-state index contributed by atoms with van der Waals surface area (Å²) in [6.45, 7) is 4.21. The molecule has 9 heteroatoms. The zero-order valence-electron chi connectivity index (χ0n) is 17.9. The van der Waals surface area contributed by atoms with Crippen molar-refractivity contribution in [2.45, 2.75) is 42.6 Å². The van der Waals surface area contributed by atoms with Gasteiger partial charge in [-0.15, -0.1) is 0 Å². The van der Waals surface area contributed by atoms with Crippen molar-refractivity contribution in [3.63, 3.8) is 0 Å². The second kappa shape index (κ2) is 9.58. The van der Waals surface area contributed by atoms with Crippen LogP contribution >= 0.6 is 0 Å². The summed E-state index contributed by atoms with van der Waals surface area (Å²) in [6, 6.07) is 13.0. The molecule has 1 saturated heterocycles. The summed E-state index contributed by atoms with van der Waals surface area (Å²) >= 11 is 0. The number of sulfone groups is 2. The number of methoxy groups -OCH3 is 1. The first-order chi connectivity index (χ1) is 14.6. The Bertz CT molecular complexity index is 1100. The molecule has 0 radical (unpaired) electrons. The SMILES string of the molecule is COc1ccccc1CCN[C@H]1CS(=O)(=O)C[C@@H]1S(=O)(=O)c1ccc(OC(C)C)cc1. The van der Waals surface area contributed by atoms with Crippen molar-refractivity contribution in [2.24, 2.45) is 0 Å². The number of ether oxygens (including phenoxy) is 2. The van der Waals surface area contributed by atoms with E-state index < -0.39 is 31.0 Å². The Labute approximate surface area is 184 Å². The molecule has 0 saturated carbocycles. The van der Waals surface area contributed by atoms with Crippen LogP contribution in [0.3, 0.4) is 0 Å². The molecule has 0 aromatic heterocycles. The van der Waals surface area contributed by atoms with Gasteiger partial charge in [0.05, 0.1) is 34.9 Å². The molecular weight excluding hydrogens is 438 g/mol. The molecule has 0 aliphatic carbocycles. The zero-order valence-corrected chi connectivity index (χ0v) is 19.6. The molecule has 0 amide bonds. The maximum Gasteiger partial charge on any atom is 0.183 e. The van der Waals surface area contributed by atoms with Crippen LogP contribution in [0.15, 0.2) is 53.4 Å². The average molecular weight is 468 g/mol. The summed E-state index contributed by atoms with van der Waals surface area (Å²) in [6.07, 6.45) is 0.563. The largest absolute Gasteiger partial charge is 0.496 e. The number of hydrogen-bond donors (Lipinski definition) is 1. The molecule has 7 nitrogen and oxygen atoms in total. The van der Waals surface area contributed by atoms with Gasteiger partial charge in [-0.25, -0.2) is 16.8 Å². The van der Waals surface area contributed by atoms with Gasteiger partial charge in [-0.1, -0.05) is 18.2 Å².